The minimum absolute atomic E-state index is 0. The molecule has 3 nitrogen and oxygen atoms in total. The van der Waals surface area contributed by atoms with Gasteiger partial charge < -0.3 is 14.4 Å². The molecule has 0 heterocycles. The van der Waals surface area contributed by atoms with Crippen molar-refractivity contribution in [3.05, 3.63) is 0 Å². The van der Waals surface area contributed by atoms with Crippen LogP contribution in [0.25, 0.3) is 0 Å². The van der Waals surface area contributed by atoms with Crippen LogP contribution in [-0.4, -0.2) is 0 Å². The maximum Gasteiger partial charge on any atom is 1.00 e. The predicted molar refractivity (Wildman–Crippen MR) is 8.71 cm³/mol. The Hall–Kier alpha value is 3.69. The quantitative estimate of drug-likeness (QED) is 0.410. The molecule has 7 heteroatoms. The third-order valence-electron chi connectivity index (χ3n) is 0. The fourth-order valence-electron chi connectivity index (χ4n) is 0. The molecule has 0 radical (unpaired) electrons. The van der Waals surface area contributed by atoms with E-state index >= 15 is 0 Å². The van der Waals surface area contributed by atoms with Crippen molar-refractivity contribution in [2.24, 2.45) is 0 Å². The van der Waals surface area contributed by atoms with Crippen LogP contribution in [0.1, 0.15) is 0 Å². The van der Waals surface area contributed by atoms with Crippen molar-refractivity contribution >= 4 is 7.91 Å². The smallest absolute Gasteiger partial charge is 0.786 e. The summed E-state index contributed by atoms with van der Waals surface area (Å²) in [7, 11) is -5.64. The van der Waals surface area contributed by atoms with Gasteiger partial charge in [-0.25, -0.2) is 4.20 Å². The Morgan fingerprint density at radius 2 is 1.29 bits per heavy atom. The molecule has 32 valence electrons. The molecule has 0 aromatic heterocycles. The van der Waals surface area contributed by atoms with Crippen molar-refractivity contribution in [2.45, 2.75) is 0 Å². The summed E-state index contributed by atoms with van der Waals surface area (Å²) in [6.07, 6.45) is 0. The largest absolute Gasteiger partial charge is 1.00 e. The van der Waals surface area contributed by atoms with E-state index in [1.54, 1.807) is 0 Å². The van der Waals surface area contributed by atoms with E-state index in [9.17, 15) is 4.20 Å². The van der Waals surface area contributed by atoms with Crippen LogP contribution in [0.15, 0.2) is 0 Å². The number of hydrogen-bond donors (Lipinski definition) is 0. The summed E-state index contributed by atoms with van der Waals surface area (Å²) < 4.78 is 18.6. The molecule has 7 heavy (non-hydrogen) atoms. The molecular weight excluding hydrogens is 269 g/mol. The van der Waals surface area contributed by atoms with Gasteiger partial charge in [0, 0.05) is 0 Å². The molecule has 0 spiro atoms. The molecule has 0 N–H and O–H groups in total. The summed E-state index contributed by atoms with van der Waals surface area (Å²) in [5.41, 5.74) is 0. The van der Waals surface area contributed by atoms with E-state index in [2.05, 4.69) is 0 Å². The first-order valence-corrected chi connectivity index (χ1v) is 2.15. The van der Waals surface area contributed by atoms with Gasteiger partial charge in [0.25, 0.3) is 0 Å². The Kier molecular flexibility index (Phi) is 18.9. The molecule has 0 aromatic rings. The Labute approximate surface area is 138 Å². The molecule has 0 saturated carbocycles. The molecular formula is FO3PRb2. The standard InChI is InChI=1S/FH2O3P.2Rb/c1-5(2,3)4;;/h(H2,2,3,4);;/q;2*+1/p-2. The van der Waals surface area contributed by atoms with E-state index < -0.39 is 7.91 Å². The molecule has 0 aliphatic rings. The molecule has 0 aliphatic carbocycles. The van der Waals surface area contributed by atoms with Gasteiger partial charge in [0.2, 0.25) is 0 Å². The number of halogens is 1. The summed E-state index contributed by atoms with van der Waals surface area (Å²) >= 11 is 0. The van der Waals surface area contributed by atoms with Crippen LogP contribution in [-0.2, 0) is 4.57 Å². The molecule has 0 aromatic carbocycles. The van der Waals surface area contributed by atoms with Gasteiger partial charge in [-0.2, -0.15) is 0 Å². The normalized spacial score (nSPS) is 8.43. The molecule has 0 saturated heterocycles. The van der Waals surface area contributed by atoms with Gasteiger partial charge in [-0.05, 0) is 0 Å². The van der Waals surface area contributed by atoms with Crippen LogP contribution in [0.2, 0.25) is 0 Å². The second-order valence-corrected chi connectivity index (χ2v) is 1.29. The van der Waals surface area contributed by atoms with E-state index in [0.717, 1.165) is 0 Å². The fourth-order valence-corrected chi connectivity index (χ4v) is 0. The second kappa shape index (κ2) is 7.79. The Balaban J connectivity index is -0.0000000800. The summed E-state index contributed by atoms with van der Waals surface area (Å²) in [5.74, 6) is 0. The molecule has 0 atom stereocenters. The van der Waals surface area contributed by atoms with Crippen molar-refractivity contribution in [3.63, 3.8) is 0 Å². The average molecular weight is 269 g/mol. The van der Waals surface area contributed by atoms with Gasteiger partial charge in [-0.15, -0.1) is 0 Å². The van der Waals surface area contributed by atoms with Gasteiger partial charge in [-0.1, -0.05) is 0 Å². The second-order valence-electron chi connectivity index (χ2n) is 0.431. The minimum atomic E-state index is -5.64. The summed E-state index contributed by atoms with van der Waals surface area (Å²) in [5, 5.41) is 0. The van der Waals surface area contributed by atoms with Crippen molar-refractivity contribution < 1.29 is 135 Å². The van der Waals surface area contributed by atoms with Gasteiger partial charge in [-0.3, -0.25) is 0 Å². The zero-order chi connectivity index (χ0) is 4.50. The molecule has 0 unspecified atom stereocenters. The van der Waals surface area contributed by atoms with Crippen molar-refractivity contribution in [1.82, 2.24) is 0 Å². The van der Waals surface area contributed by atoms with Gasteiger partial charge in [0.05, 0.1) is 0 Å². The van der Waals surface area contributed by atoms with Crippen LogP contribution in [0, 0.1) is 0 Å². The average Bonchev–Trinajstić information content (AvgIpc) is 0.722. The van der Waals surface area contributed by atoms with Crippen LogP contribution in [0.4, 0.5) is 4.20 Å². The summed E-state index contributed by atoms with van der Waals surface area (Å²) in [4.78, 5) is 16.9. The van der Waals surface area contributed by atoms with Crippen LogP contribution >= 0.6 is 7.91 Å². The van der Waals surface area contributed by atoms with Crippen LogP contribution < -0.4 is 126 Å². The first-order valence-electron chi connectivity index (χ1n) is 0.717. The minimum Gasteiger partial charge on any atom is -0.786 e. The third-order valence-corrected chi connectivity index (χ3v) is 0. The van der Waals surface area contributed by atoms with Gasteiger partial charge in [0.1, 0.15) is 7.91 Å². The van der Waals surface area contributed by atoms with Crippen LogP contribution in [0.5, 0.6) is 0 Å². The number of hydrogen-bond acceptors (Lipinski definition) is 3. The zero-order valence-electron chi connectivity index (χ0n) is 4.05. The van der Waals surface area contributed by atoms with E-state index in [1.807, 2.05) is 0 Å². The maximum atomic E-state index is 10.1. The first-order chi connectivity index (χ1) is 2.00. The topological polar surface area (TPSA) is 63.2 Å². The molecule has 0 bridgehead atoms. The van der Waals surface area contributed by atoms with E-state index in [1.165, 1.54) is 0 Å². The van der Waals surface area contributed by atoms with E-state index in [4.69, 9.17) is 14.4 Å². The van der Waals surface area contributed by atoms with Gasteiger partial charge >= 0.3 is 116 Å². The predicted octanol–water partition coefficient (Wildman–Crippen LogP) is -7.21. The summed E-state index contributed by atoms with van der Waals surface area (Å²) in [6.45, 7) is 0. The zero-order valence-corrected chi connectivity index (χ0v) is 14.8. The molecule has 0 amide bonds. The third kappa shape index (κ3) is 42.1. The van der Waals surface area contributed by atoms with Crippen molar-refractivity contribution in [1.29, 1.82) is 0 Å². The molecule has 0 rings (SSSR count). The van der Waals surface area contributed by atoms with E-state index in [0.29, 0.717) is 0 Å². The Morgan fingerprint density at radius 1 is 1.29 bits per heavy atom. The van der Waals surface area contributed by atoms with Crippen LogP contribution in [0.3, 0.4) is 0 Å². The van der Waals surface area contributed by atoms with Crippen molar-refractivity contribution in [2.75, 3.05) is 0 Å². The van der Waals surface area contributed by atoms with Gasteiger partial charge in [0.15, 0.2) is 0 Å². The number of rotatable bonds is 0. The van der Waals surface area contributed by atoms with Crippen molar-refractivity contribution in [3.8, 4) is 0 Å². The monoisotopic (exact) mass is 268 g/mol. The fraction of sp³-hybridized carbons (Fsp3) is 0. The Morgan fingerprint density at radius 3 is 1.29 bits per heavy atom. The molecule has 0 aliphatic heterocycles. The Bertz CT molecular complexity index is 59.1. The molecule has 0 fully saturated rings. The first kappa shape index (κ1) is 17.0. The van der Waals surface area contributed by atoms with E-state index in [-0.39, 0.29) is 116 Å². The summed E-state index contributed by atoms with van der Waals surface area (Å²) in [6, 6.07) is 0. The maximum absolute atomic E-state index is 10.1. The SMILES string of the molecule is O=P([O-])([O-])F.[Rb+].[Rb+].